The minimum absolute atomic E-state index is 0.803. The van der Waals surface area contributed by atoms with Gasteiger partial charge in [0.25, 0.3) is 0 Å². The third kappa shape index (κ3) is 9.03. The van der Waals surface area contributed by atoms with E-state index in [4.69, 9.17) is 10.4 Å². The summed E-state index contributed by atoms with van der Waals surface area (Å²) in [7, 11) is 0. The number of unbranched alkanes of at least 4 members (excludes halogenated alkanes) is 5. The molecule has 0 saturated heterocycles. The molecule has 82 valence electrons. The van der Waals surface area contributed by atoms with Crippen LogP contribution in [0.25, 0.3) is 0 Å². The van der Waals surface area contributed by atoms with Crippen molar-refractivity contribution >= 4 is 11.9 Å². The van der Waals surface area contributed by atoms with Crippen LogP contribution in [0, 0.1) is 0 Å². The Bertz CT molecular complexity index is 179. The SMILES string of the molecule is C/C(CCCCCCC/C=N/O)=N\O. The lowest BCUT2D eigenvalue weighted by atomic mass is 10.1. The van der Waals surface area contributed by atoms with Gasteiger partial charge in [0.05, 0.1) is 5.71 Å². The summed E-state index contributed by atoms with van der Waals surface area (Å²) in [6.45, 7) is 1.83. The molecule has 2 N–H and O–H groups in total. The summed E-state index contributed by atoms with van der Waals surface area (Å²) >= 11 is 0. The fourth-order valence-corrected chi connectivity index (χ4v) is 1.25. The molecular weight excluding hydrogens is 180 g/mol. The van der Waals surface area contributed by atoms with Gasteiger partial charge < -0.3 is 10.4 Å². The van der Waals surface area contributed by atoms with E-state index in [0.717, 1.165) is 31.4 Å². The third-order valence-corrected chi connectivity index (χ3v) is 2.12. The van der Waals surface area contributed by atoms with Gasteiger partial charge in [-0.2, -0.15) is 0 Å². The standard InChI is InChI=1S/C10H20N2O2/c1-10(12-14)8-6-4-2-3-5-7-9-11-13/h9,13-14H,2-8H2,1H3/b11-9+,12-10+. The Labute approximate surface area is 85.3 Å². The summed E-state index contributed by atoms with van der Waals surface area (Å²) in [6, 6.07) is 0. The lowest BCUT2D eigenvalue weighted by Gasteiger charge is -1.99. The molecule has 14 heavy (non-hydrogen) atoms. The first-order chi connectivity index (χ1) is 6.81. The molecule has 0 heterocycles. The molecule has 0 amide bonds. The van der Waals surface area contributed by atoms with Crippen LogP contribution in [0.15, 0.2) is 10.3 Å². The van der Waals surface area contributed by atoms with Crippen molar-refractivity contribution in [2.45, 2.75) is 51.9 Å². The van der Waals surface area contributed by atoms with Crippen molar-refractivity contribution in [2.24, 2.45) is 10.3 Å². The Morgan fingerprint density at radius 2 is 1.71 bits per heavy atom. The molecule has 4 heteroatoms. The predicted molar refractivity (Wildman–Crippen MR) is 57.5 cm³/mol. The molecule has 0 radical (unpaired) electrons. The maximum absolute atomic E-state index is 8.38. The van der Waals surface area contributed by atoms with Gasteiger partial charge in [-0.3, -0.25) is 0 Å². The van der Waals surface area contributed by atoms with E-state index in [1.165, 1.54) is 25.5 Å². The minimum atomic E-state index is 0.803. The molecule has 4 nitrogen and oxygen atoms in total. The Morgan fingerprint density at radius 1 is 1.07 bits per heavy atom. The molecule has 0 unspecified atom stereocenters. The fraction of sp³-hybridized carbons (Fsp3) is 0.800. The van der Waals surface area contributed by atoms with Crippen molar-refractivity contribution in [1.29, 1.82) is 0 Å². The first kappa shape index (κ1) is 12.9. The molecule has 0 bridgehead atoms. The highest BCUT2D eigenvalue weighted by Crippen LogP contribution is 2.07. The smallest absolute Gasteiger partial charge is 0.0540 e. The van der Waals surface area contributed by atoms with E-state index >= 15 is 0 Å². The van der Waals surface area contributed by atoms with Crippen molar-refractivity contribution in [3.05, 3.63) is 0 Å². The van der Waals surface area contributed by atoms with Crippen molar-refractivity contribution in [1.82, 2.24) is 0 Å². The molecule has 0 aromatic heterocycles. The zero-order valence-corrected chi connectivity index (χ0v) is 8.82. The number of hydrogen-bond donors (Lipinski definition) is 2. The molecule has 0 aliphatic carbocycles. The zero-order chi connectivity index (χ0) is 10.6. The van der Waals surface area contributed by atoms with Crippen molar-refractivity contribution in [3.63, 3.8) is 0 Å². The largest absolute Gasteiger partial charge is 0.411 e. The summed E-state index contributed by atoms with van der Waals surface area (Å²) < 4.78 is 0. The molecule has 0 rings (SSSR count). The molecule has 0 aromatic carbocycles. The Hall–Kier alpha value is -1.06. The molecule has 0 atom stereocenters. The van der Waals surface area contributed by atoms with Crippen LogP contribution in [-0.4, -0.2) is 22.3 Å². The van der Waals surface area contributed by atoms with E-state index in [1.807, 2.05) is 6.92 Å². The van der Waals surface area contributed by atoms with Crippen LogP contribution in [0.1, 0.15) is 51.9 Å². The fourth-order valence-electron chi connectivity index (χ4n) is 1.25. The number of oxime groups is 2. The normalized spacial score (nSPS) is 12.5. The lowest BCUT2D eigenvalue weighted by molar-refractivity contribution is 0.317. The van der Waals surface area contributed by atoms with Crippen LogP contribution in [0.5, 0.6) is 0 Å². The first-order valence-corrected chi connectivity index (χ1v) is 5.14. The van der Waals surface area contributed by atoms with E-state index in [1.54, 1.807) is 0 Å². The summed E-state index contributed by atoms with van der Waals surface area (Å²) in [5.74, 6) is 0. The van der Waals surface area contributed by atoms with Gasteiger partial charge in [0.15, 0.2) is 0 Å². The zero-order valence-electron chi connectivity index (χ0n) is 8.82. The molecule has 0 aliphatic rings. The molecule has 0 aromatic rings. The van der Waals surface area contributed by atoms with E-state index in [0.29, 0.717) is 0 Å². The van der Waals surface area contributed by atoms with Crippen LogP contribution < -0.4 is 0 Å². The third-order valence-electron chi connectivity index (χ3n) is 2.12. The van der Waals surface area contributed by atoms with E-state index < -0.39 is 0 Å². The van der Waals surface area contributed by atoms with Crippen LogP contribution >= 0.6 is 0 Å². The summed E-state index contributed by atoms with van der Waals surface area (Å²) in [5.41, 5.74) is 0.803. The number of hydrogen-bond acceptors (Lipinski definition) is 4. The van der Waals surface area contributed by atoms with Crippen molar-refractivity contribution < 1.29 is 10.4 Å². The summed E-state index contributed by atoms with van der Waals surface area (Å²) in [6.07, 6.45) is 8.97. The average molecular weight is 200 g/mol. The highest BCUT2D eigenvalue weighted by molar-refractivity contribution is 5.81. The van der Waals surface area contributed by atoms with E-state index in [2.05, 4.69) is 10.3 Å². The topological polar surface area (TPSA) is 65.2 Å². The van der Waals surface area contributed by atoms with Gasteiger partial charge in [-0.1, -0.05) is 24.4 Å². The summed E-state index contributed by atoms with van der Waals surface area (Å²) in [4.78, 5) is 0. The second-order valence-corrected chi connectivity index (χ2v) is 3.44. The monoisotopic (exact) mass is 200 g/mol. The maximum atomic E-state index is 8.38. The second kappa shape index (κ2) is 10.0. The number of rotatable bonds is 8. The van der Waals surface area contributed by atoms with Gasteiger partial charge in [0.1, 0.15) is 0 Å². The van der Waals surface area contributed by atoms with Gasteiger partial charge in [0.2, 0.25) is 0 Å². The number of nitrogens with zero attached hydrogens (tertiary/aromatic N) is 2. The second-order valence-electron chi connectivity index (χ2n) is 3.44. The van der Waals surface area contributed by atoms with Crippen LogP contribution in [-0.2, 0) is 0 Å². The van der Waals surface area contributed by atoms with Gasteiger partial charge in [-0.25, -0.2) is 0 Å². The van der Waals surface area contributed by atoms with E-state index in [9.17, 15) is 0 Å². The molecule has 0 aliphatic heterocycles. The van der Waals surface area contributed by atoms with Gasteiger partial charge in [0, 0.05) is 6.21 Å². The Morgan fingerprint density at radius 3 is 2.36 bits per heavy atom. The predicted octanol–water partition coefficient (Wildman–Crippen LogP) is 3.03. The average Bonchev–Trinajstić information content (AvgIpc) is 2.21. The Balaban J connectivity index is 3.06. The lowest BCUT2D eigenvalue weighted by Crippen LogP contribution is -1.90. The van der Waals surface area contributed by atoms with Crippen molar-refractivity contribution in [3.8, 4) is 0 Å². The van der Waals surface area contributed by atoms with Crippen LogP contribution in [0.4, 0.5) is 0 Å². The molecule has 0 spiro atoms. The molecule has 0 saturated carbocycles. The van der Waals surface area contributed by atoms with E-state index in [-0.39, 0.29) is 0 Å². The maximum Gasteiger partial charge on any atom is 0.0540 e. The molecule has 0 fully saturated rings. The van der Waals surface area contributed by atoms with Gasteiger partial charge in [-0.15, -0.1) is 5.16 Å². The highest BCUT2D eigenvalue weighted by atomic mass is 16.4. The van der Waals surface area contributed by atoms with Gasteiger partial charge >= 0.3 is 0 Å². The molecular formula is C10H20N2O2. The summed E-state index contributed by atoms with van der Waals surface area (Å²) in [5, 5.41) is 22.6. The Kier molecular flexibility index (Phi) is 9.26. The quantitative estimate of drug-likeness (QED) is 0.274. The first-order valence-electron chi connectivity index (χ1n) is 5.14. The minimum Gasteiger partial charge on any atom is -0.411 e. The highest BCUT2D eigenvalue weighted by Gasteiger charge is 1.93. The van der Waals surface area contributed by atoms with Crippen LogP contribution in [0.3, 0.4) is 0 Å². The van der Waals surface area contributed by atoms with Gasteiger partial charge in [-0.05, 0) is 32.6 Å². The van der Waals surface area contributed by atoms with Crippen LogP contribution in [0.2, 0.25) is 0 Å². The van der Waals surface area contributed by atoms with Crippen molar-refractivity contribution in [2.75, 3.05) is 0 Å².